The van der Waals surface area contributed by atoms with Crippen LogP contribution in [-0.2, 0) is 7.05 Å². The Morgan fingerprint density at radius 1 is 1.43 bits per heavy atom. The maximum absolute atomic E-state index is 13.2. The summed E-state index contributed by atoms with van der Waals surface area (Å²) in [6.45, 7) is 3.69. The predicted octanol–water partition coefficient (Wildman–Crippen LogP) is 2.41. The van der Waals surface area contributed by atoms with Crippen LogP contribution in [0.25, 0.3) is 11.1 Å². The Bertz CT molecular complexity index is 460. The molecule has 2 nitrogen and oxygen atoms in total. The fourth-order valence-corrected chi connectivity index (χ4v) is 1.39. The summed E-state index contributed by atoms with van der Waals surface area (Å²) in [6.07, 6.45) is 3.53. The van der Waals surface area contributed by atoms with E-state index in [9.17, 15) is 4.39 Å². The molecule has 14 heavy (non-hydrogen) atoms. The highest BCUT2D eigenvalue weighted by molar-refractivity contribution is 5.66. The zero-order valence-electron chi connectivity index (χ0n) is 7.87. The minimum atomic E-state index is -0.286. The maximum atomic E-state index is 13.2. The van der Waals surface area contributed by atoms with Crippen LogP contribution in [0.4, 0.5) is 4.39 Å². The summed E-state index contributed by atoms with van der Waals surface area (Å²) in [7, 11) is 1.82. The van der Waals surface area contributed by atoms with E-state index < -0.39 is 0 Å². The van der Waals surface area contributed by atoms with Crippen molar-refractivity contribution in [3.63, 3.8) is 0 Å². The molecule has 1 aromatic heterocycles. The lowest BCUT2D eigenvalue weighted by Crippen LogP contribution is -1.87. The highest BCUT2D eigenvalue weighted by Gasteiger charge is 2.06. The van der Waals surface area contributed by atoms with Gasteiger partial charge in [-0.15, -0.1) is 0 Å². The summed E-state index contributed by atoms with van der Waals surface area (Å²) in [4.78, 5) is 0. The summed E-state index contributed by atoms with van der Waals surface area (Å²) in [5.41, 5.74) is 2.09. The van der Waals surface area contributed by atoms with Gasteiger partial charge in [-0.1, -0.05) is 12.1 Å². The molecule has 1 heterocycles. The third kappa shape index (κ3) is 1.41. The van der Waals surface area contributed by atoms with Crippen LogP contribution in [0.1, 0.15) is 5.56 Å². The number of halogens is 1. The normalized spacial score (nSPS) is 10.5. The van der Waals surface area contributed by atoms with Crippen LogP contribution in [0.3, 0.4) is 0 Å². The number of rotatable bonds is 1. The fourth-order valence-electron chi connectivity index (χ4n) is 1.39. The average molecular weight is 189 g/mol. The molecular formula is C11H10FN2. The first-order chi connectivity index (χ1) is 6.68. The third-order valence-electron chi connectivity index (χ3n) is 2.13. The highest BCUT2D eigenvalue weighted by Crippen LogP contribution is 2.23. The molecule has 3 heteroatoms. The molecule has 1 radical (unpaired) electrons. The van der Waals surface area contributed by atoms with Crippen molar-refractivity contribution < 1.29 is 4.39 Å². The van der Waals surface area contributed by atoms with Crippen molar-refractivity contribution in [3.05, 3.63) is 48.9 Å². The van der Waals surface area contributed by atoms with E-state index in [0.717, 1.165) is 11.1 Å². The molecule has 71 valence electrons. The van der Waals surface area contributed by atoms with Crippen LogP contribution in [0.15, 0.2) is 30.6 Å². The Morgan fingerprint density at radius 2 is 2.21 bits per heavy atom. The fraction of sp³-hybridized carbons (Fsp3) is 0.0909. The predicted molar refractivity (Wildman–Crippen MR) is 53.1 cm³/mol. The Balaban J connectivity index is 2.57. The molecule has 0 amide bonds. The van der Waals surface area contributed by atoms with Crippen molar-refractivity contribution in [2.75, 3.05) is 0 Å². The van der Waals surface area contributed by atoms with E-state index in [1.54, 1.807) is 16.9 Å². The molecule has 0 saturated carbocycles. The van der Waals surface area contributed by atoms with Gasteiger partial charge in [0.15, 0.2) is 0 Å². The summed E-state index contributed by atoms with van der Waals surface area (Å²) < 4.78 is 14.9. The van der Waals surface area contributed by atoms with Crippen molar-refractivity contribution in [2.45, 2.75) is 0 Å². The Kier molecular flexibility index (Phi) is 2.08. The van der Waals surface area contributed by atoms with Gasteiger partial charge in [0.05, 0.1) is 6.20 Å². The maximum Gasteiger partial charge on any atom is 0.127 e. The minimum Gasteiger partial charge on any atom is -0.275 e. The van der Waals surface area contributed by atoms with E-state index in [-0.39, 0.29) is 5.82 Å². The van der Waals surface area contributed by atoms with Gasteiger partial charge in [-0.2, -0.15) is 5.10 Å². The number of hydrogen-bond donors (Lipinski definition) is 0. The highest BCUT2D eigenvalue weighted by atomic mass is 19.1. The lowest BCUT2D eigenvalue weighted by atomic mass is 10.0. The summed E-state index contributed by atoms with van der Waals surface area (Å²) >= 11 is 0. The van der Waals surface area contributed by atoms with E-state index >= 15 is 0 Å². The minimum absolute atomic E-state index is 0.286. The topological polar surface area (TPSA) is 17.8 Å². The van der Waals surface area contributed by atoms with Crippen molar-refractivity contribution in [1.82, 2.24) is 9.78 Å². The zero-order valence-corrected chi connectivity index (χ0v) is 7.87. The van der Waals surface area contributed by atoms with Gasteiger partial charge in [-0.05, 0) is 24.1 Å². The molecule has 0 spiro atoms. The summed E-state index contributed by atoms with van der Waals surface area (Å²) in [5.74, 6) is -0.286. The van der Waals surface area contributed by atoms with E-state index in [1.807, 2.05) is 19.3 Å². The van der Waals surface area contributed by atoms with E-state index in [1.165, 1.54) is 6.07 Å². The quantitative estimate of drug-likeness (QED) is 0.673. The second kappa shape index (κ2) is 3.25. The Labute approximate surface area is 82.0 Å². The molecular weight excluding hydrogens is 179 g/mol. The molecule has 0 atom stereocenters. The molecule has 0 bridgehead atoms. The largest absolute Gasteiger partial charge is 0.275 e. The van der Waals surface area contributed by atoms with Crippen LogP contribution >= 0.6 is 0 Å². The van der Waals surface area contributed by atoms with E-state index in [2.05, 4.69) is 12.0 Å². The van der Waals surface area contributed by atoms with Gasteiger partial charge in [-0.25, -0.2) is 4.39 Å². The van der Waals surface area contributed by atoms with Crippen molar-refractivity contribution >= 4 is 0 Å². The average Bonchev–Trinajstić information content (AvgIpc) is 2.57. The number of benzene rings is 1. The lowest BCUT2D eigenvalue weighted by molar-refractivity contribution is 0.623. The van der Waals surface area contributed by atoms with Gasteiger partial charge in [0.2, 0.25) is 0 Å². The first-order valence-electron chi connectivity index (χ1n) is 4.28. The zero-order chi connectivity index (χ0) is 10.1. The lowest BCUT2D eigenvalue weighted by Gasteiger charge is -2.02. The second-order valence-corrected chi connectivity index (χ2v) is 3.17. The standard InChI is InChI=1S/C11H10FN2/c1-8-10(4-3-5-11(8)12)9-6-13-14(2)7-9/h3-7H,1H2,2H3. The van der Waals surface area contributed by atoms with Gasteiger partial charge in [0.1, 0.15) is 5.82 Å². The monoisotopic (exact) mass is 189 g/mol. The molecule has 0 aliphatic carbocycles. The van der Waals surface area contributed by atoms with E-state index in [0.29, 0.717) is 5.56 Å². The molecule has 0 aliphatic heterocycles. The molecule has 2 aromatic rings. The first-order valence-corrected chi connectivity index (χ1v) is 4.28. The SMILES string of the molecule is [CH2]c1c(F)cccc1-c1cnn(C)c1. The smallest absolute Gasteiger partial charge is 0.127 e. The first kappa shape index (κ1) is 8.94. The molecule has 1 aromatic carbocycles. The van der Waals surface area contributed by atoms with Gasteiger partial charge >= 0.3 is 0 Å². The number of aryl methyl sites for hydroxylation is 1. The van der Waals surface area contributed by atoms with Crippen molar-refractivity contribution in [1.29, 1.82) is 0 Å². The number of hydrogen-bond acceptors (Lipinski definition) is 1. The van der Waals surface area contributed by atoms with Crippen molar-refractivity contribution in [3.8, 4) is 11.1 Å². The van der Waals surface area contributed by atoms with Crippen molar-refractivity contribution in [2.24, 2.45) is 7.05 Å². The van der Waals surface area contributed by atoms with Gasteiger partial charge in [-0.3, -0.25) is 4.68 Å². The Hall–Kier alpha value is -1.64. The Morgan fingerprint density at radius 3 is 2.86 bits per heavy atom. The molecule has 0 unspecified atom stereocenters. The van der Waals surface area contributed by atoms with Gasteiger partial charge in [0.25, 0.3) is 0 Å². The molecule has 0 fully saturated rings. The number of aromatic nitrogens is 2. The molecule has 0 aliphatic rings. The van der Waals surface area contributed by atoms with Crippen LogP contribution in [0.2, 0.25) is 0 Å². The second-order valence-electron chi connectivity index (χ2n) is 3.17. The van der Waals surface area contributed by atoms with Crippen LogP contribution in [0, 0.1) is 12.7 Å². The third-order valence-corrected chi connectivity index (χ3v) is 2.13. The number of nitrogens with zero attached hydrogens (tertiary/aromatic N) is 2. The van der Waals surface area contributed by atoms with Gasteiger partial charge in [0, 0.05) is 18.8 Å². The van der Waals surface area contributed by atoms with Crippen LogP contribution in [0.5, 0.6) is 0 Å². The molecule has 0 saturated heterocycles. The molecule has 2 rings (SSSR count). The molecule has 0 N–H and O–H groups in total. The van der Waals surface area contributed by atoms with Gasteiger partial charge < -0.3 is 0 Å². The summed E-state index contributed by atoms with van der Waals surface area (Å²) in [5, 5.41) is 4.03. The van der Waals surface area contributed by atoms with Crippen LogP contribution < -0.4 is 0 Å². The van der Waals surface area contributed by atoms with E-state index in [4.69, 9.17) is 0 Å². The van der Waals surface area contributed by atoms with Crippen LogP contribution in [-0.4, -0.2) is 9.78 Å². The summed E-state index contributed by atoms with van der Waals surface area (Å²) in [6, 6.07) is 4.91.